The molecule has 4 heterocycles. The lowest BCUT2D eigenvalue weighted by molar-refractivity contribution is 0.638. The van der Waals surface area contributed by atoms with Crippen molar-refractivity contribution in [2.75, 3.05) is 11.5 Å². The normalized spacial score (nSPS) is 11.5. The maximum absolute atomic E-state index is 6.33. The van der Waals surface area contributed by atoms with E-state index in [0.29, 0.717) is 17.0 Å². The summed E-state index contributed by atoms with van der Waals surface area (Å²) in [6.07, 6.45) is 3.60. The van der Waals surface area contributed by atoms with Gasteiger partial charge in [0.1, 0.15) is 11.4 Å². The minimum absolute atomic E-state index is 0.204. The van der Waals surface area contributed by atoms with Crippen LogP contribution < -0.4 is 11.5 Å². The van der Waals surface area contributed by atoms with Crippen molar-refractivity contribution in [1.82, 2.24) is 14.5 Å². The van der Waals surface area contributed by atoms with E-state index in [2.05, 4.69) is 27.8 Å². The fourth-order valence-corrected chi connectivity index (χ4v) is 3.79. The Hall–Kier alpha value is -3.80. The smallest absolute Gasteiger partial charge is 0.215 e. The van der Waals surface area contributed by atoms with Crippen LogP contribution in [0.4, 0.5) is 11.6 Å². The molecule has 0 unspecified atom stereocenters. The van der Waals surface area contributed by atoms with Crippen molar-refractivity contribution in [3.63, 3.8) is 0 Å². The molecule has 0 saturated heterocycles. The second kappa shape index (κ2) is 5.85. The molecule has 1 aromatic carbocycles. The van der Waals surface area contributed by atoms with Gasteiger partial charge in [-0.25, -0.2) is 0 Å². The van der Waals surface area contributed by atoms with E-state index in [9.17, 15) is 0 Å². The summed E-state index contributed by atoms with van der Waals surface area (Å²) in [5.41, 5.74) is 18.9. The number of fused-ring (bicyclic) bond motifs is 2. The zero-order valence-corrected chi connectivity index (χ0v) is 15.6. The molecule has 0 aliphatic carbocycles. The molecule has 0 radical (unpaired) electrons. The van der Waals surface area contributed by atoms with Gasteiger partial charge in [-0.1, -0.05) is 18.2 Å². The van der Waals surface area contributed by atoms with Crippen molar-refractivity contribution >= 4 is 33.4 Å². The molecule has 5 rings (SSSR count). The second-order valence-electron chi connectivity index (χ2n) is 6.94. The molecule has 5 aromatic rings. The minimum atomic E-state index is 0.204. The largest absolute Gasteiger partial charge is 0.436 e. The van der Waals surface area contributed by atoms with E-state index < -0.39 is 0 Å². The van der Waals surface area contributed by atoms with E-state index in [4.69, 9.17) is 20.9 Å². The number of hydrogen-bond donors (Lipinski definition) is 2. The first-order chi connectivity index (χ1) is 13.5. The van der Waals surface area contributed by atoms with Gasteiger partial charge >= 0.3 is 0 Å². The standard InChI is InChI=1S/C22H19N5O/c1-12-9-14(7-8-25-12)20-21-18(19(23)22(24)28-21)15(11-26-20)17-10-13-5-3-4-6-16(13)27(17)2/h3-11H,23-24H2,1-2H3. The summed E-state index contributed by atoms with van der Waals surface area (Å²) < 4.78 is 7.99. The van der Waals surface area contributed by atoms with Crippen molar-refractivity contribution in [3.05, 3.63) is 60.6 Å². The number of rotatable bonds is 2. The van der Waals surface area contributed by atoms with Crippen LogP contribution in [0, 0.1) is 6.92 Å². The highest BCUT2D eigenvalue weighted by Crippen LogP contribution is 2.42. The molecule has 138 valence electrons. The van der Waals surface area contributed by atoms with Gasteiger partial charge in [-0.2, -0.15) is 0 Å². The van der Waals surface area contributed by atoms with Gasteiger partial charge in [-0.05, 0) is 31.2 Å². The number of nitrogen functional groups attached to an aromatic ring is 2. The number of benzene rings is 1. The Morgan fingerprint density at radius 1 is 1.04 bits per heavy atom. The number of nitrogens with two attached hydrogens (primary N) is 2. The van der Waals surface area contributed by atoms with Gasteiger partial charge < -0.3 is 20.5 Å². The zero-order chi connectivity index (χ0) is 19.4. The molecule has 28 heavy (non-hydrogen) atoms. The number of pyridine rings is 2. The molecule has 0 amide bonds. The Bertz CT molecular complexity index is 1360. The number of aromatic nitrogens is 3. The lowest BCUT2D eigenvalue weighted by Crippen LogP contribution is -1.96. The minimum Gasteiger partial charge on any atom is -0.436 e. The number of furan rings is 1. The average molecular weight is 369 g/mol. The number of para-hydroxylation sites is 1. The summed E-state index contributed by atoms with van der Waals surface area (Å²) in [6, 6.07) is 14.2. The summed E-state index contributed by atoms with van der Waals surface area (Å²) in [6.45, 7) is 1.94. The van der Waals surface area contributed by atoms with Crippen LogP contribution in [0.15, 0.2) is 59.3 Å². The third kappa shape index (κ3) is 2.28. The highest BCUT2D eigenvalue weighted by Gasteiger charge is 2.21. The topological polar surface area (TPSA) is 95.9 Å². The molecule has 0 fully saturated rings. The third-order valence-electron chi connectivity index (χ3n) is 5.18. The molecule has 0 atom stereocenters. The van der Waals surface area contributed by atoms with Crippen LogP contribution >= 0.6 is 0 Å². The van der Waals surface area contributed by atoms with E-state index in [0.717, 1.165) is 38.8 Å². The monoisotopic (exact) mass is 369 g/mol. The highest BCUT2D eigenvalue weighted by molar-refractivity contribution is 6.10. The van der Waals surface area contributed by atoms with E-state index in [-0.39, 0.29) is 5.88 Å². The summed E-state index contributed by atoms with van der Waals surface area (Å²) >= 11 is 0. The molecule has 4 aromatic heterocycles. The Kier molecular flexibility index (Phi) is 3.42. The SMILES string of the molecule is Cc1cc(-c2ncc(-c3cc4ccccc4n3C)c3c(N)c(N)oc23)ccn1. The van der Waals surface area contributed by atoms with Gasteiger partial charge in [0, 0.05) is 47.2 Å². The van der Waals surface area contributed by atoms with Gasteiger partial charge in [-0.15, -0.1) is 0 Å². The molecule has 6 heteroatoms. The van der Waals surface area contributed by atoms with E-state index in [1.54, 1.807) is 6.20 Å². The molecule has 0 saturated carbocycles. The number of nitrogens with zero attached hydrogens (tertiary/aromatic N) is 3. The predicted octanol–water partition coefficient (Wildman–Crippen LogP) is 4.52. The van der Waals surface area contributed by atoms with Gasteiger partial charge in [0.25, 0.3) is 0 Å². The van der Waals surface area contributed by atoms with Gasteiger partial charge in [0.05, 0.1) is 11.1 Å². The molecule has 4 N–H and O–H groups in total. The number of anilines is 2. The van der Waals surface area contributed by atoms with Crippen LogP contribution in [0.3, 0.4) is 0 Å². The molecule has 0 bridgehead atoms. The summed E-state index contributed by atoms with van der Waals surface area (Å²) in [5.74, 6) is 0.204. The van der Waals surface area contributed by atoms with Gasteiger partial charge in [-0.3, -0.25) is 9.97 Å². The van der Waals surface area contributed by atoms with Crippen LogP contribution in [0.2, 0.25) is 0 Å². The Morgan fingerprint density at radius 2 is 1.86 bits per heavy atom. The fourth-order valence-electron chi connectivity index (χ4n) is 3.79. The van der Waals surface area contributed by atoms with Gasteiger partial charge in [0.15, 0.2) is 5.58 Å². The molecular formula is C22H19N5O. The molecular weight excluding hydrogens is 350 g/mol. The van der Waals surface area contributed by atoms with Crippen molar-refractivity contribution in [2.45, 2.75) is 6.92 Å². The fraction of sp³-hybridized carbons (Fsp3) is 0.0909. The van der Waals surface area contributed by atoms with E-state index >= 15 is 0 Å². The van der Waals surface area contributed by atoms with E-state index in [1.807, 2.05) is 44.4 Å². The van der Waals surface area contributed by atoms with Crippen LogP contribution in [0.5, 0.6) is 0 Å². The molecule has 0 spiro atoms. The number of aryl methyl sites for hydroxylation is 2. The van der Waals surface area contributed by atoms with Gasteiger partial charge in [0.2, 0.25) is 5.88 Å². The van der Waals surface area contributed by atoms with Crippen molar-refractivity contribution in [1.29, 1.82) is 0 Å². The van der Waals surface area contributed by atoms with Crippen LogP contribution in [-0.4, -0.2) is 14.5 Å². The van der Waals surface area contributed by atoms with Crippen molar-refractivity contribution in [2.24, 2.45) is 7.05 Å². The highest BCUT2D eigenvalue weighted by atomic mass is 16.3. The Labute approximate surface area is 161 Å². The third-order valence-corrected chi connectivity index (χ3v) is 5.18. The second-order valence-corrected chi connectivity index (χ2v) is 6.94. The van der Waals surface area contributed by atoms with Crippen molar-refractivity contribution in [3.8, 4) is 22.5 Å². The van der Waals surface area contributed by atoms with Crippen LogP contribution in [-0.2, 0) is 7.05 Å². The first-order valence-electron chi connectivity index (χ1n) is 8.99. The van der Waals surface area contributed by atoms with Crippen LogP contribution in [0.25, 0.3) is 44.4 Å². The molecule has 0 aliphatic rings. The molecule has 6 nitrogen and oxygen atoms in total. The lowest BCUT2D eigenvalue weighted by Gasteiger charge is -2.09. The lowest BCUT2D eigenvalue weighted by atomic mass is 10.0. The van der Waals surface area contributed by atoms with Crippen molar-refractivity contribution < 1.29 is 4.42 Å². The summed E-state index contributed by atoms with van der Waals surface area (Å²) in [7, 11) is 2.03. The summed E-state index contributed by atoms with van der Waals surface area (Å²) in [5, 5.41) is 1.93. The Morgan fingerprint density at radius 3 is 2.64 bits per heavy atom. The quantitative estimate of drug-likeness (QED) is 0.477. The zero-order valence-electron chi connectivity index (χ0n) is 15.6. The van der Waals surface area contributed by atoms with E-state index in [1.165, 1.54) is 0 Å². The summed E-state index contributed by atoms with van der Waals surface area (Å²) in [4.78, 5) is 8.97. The number of hydrogen-bond acceptors (Lipinski definition) is 5. The maximum Gasteiger partial charge on any atom is 0.215 e. The predicted molar refractivity (Wildman–Crippen MR) is 113 cm³/mol. The average Bonchev–Trinajstić information content (AvgIpc) is 3.19. The first-order valence-corrected chi connectivity index (χ1v) is 8.99. The molecule has 0 aliphatic heterocycles. The van der Waals surface area contributed by atoms with Crippen LogP contribution in [0.1, 0.15) is 5.69 Å². The first kappa shape index (κ1) is 16.4. The Balaban J connectivity index is 1.84. The maximum atomic E-state index is 6.33.